The zero-order valence-corrected chi connectivity index (χ0v) is 49.8. The maximum atomic E-state index is 12.8. The van der Waals surface area contributed by atoms with Crippen LogP contribution in [0.15, 0.2) is 207 Å². The molecule has 6 nitrogen and oxygen atoms in total. The zero-order valence-electron chi connectivity index (χ0n) is 49.8. The van der Waals surface area contributed by atoms with Gasteiger partial charge in [0, 0.05) is 19.3 Å². The Labute approximate surface area is 483 Å². The highest BCUT2D eigenvalue weighted by molar-refractivity contribution is 5.71. The molecule has 0 rings (SSSR count). The van der Waals surface area contributed by atoms with Crippen LogP contribution in [0.25, 0.3) is 0 Å². The number of carbonyl (C=O) groups is 3. The predicted octanol–water partition coefficient (Wildman–Crippen LogP) is 21.2. The fraction of sp³-hybridized carbons (Fsp3) is 0.493. The van der Waals surface area contributed by atoms with E-state index < -0.39 is 6.10 Å². The molecular formula is C73H108O6. The van der Waals surface area contributed by atoms with Gasteiger partial charge in [0.1, 0.15) is 13.2 Å². The number of rotatable bonds is 52. The van der Waals surface area contributed by atoms with Gasteiger partial charge in [-0.3, -0.25) is 14.4 Å². The molecule has 0 aliphatic carbocycles. The Morgan fingerprint density at radius 3 is 0.810 bits per heavy atom. The molecule has 436 valence electrons. The molecule has 0 heterocycles. The maximum Gasteiger partial charge on any atom is 0.306 e. The van der Waals surface area contributed by atoms with Crippen molar-refractivity contribution in [1.82, 2.24) is 0 Å². The fourth-order valence-corrected chi connectivity index (χ4v) is 7.28. The van der Waals surface area contributed by atoms with E-state index in [-0.39, 0.29) is 44.0 Å². The molecule has 0 radical (unpaired) electrons. The van der Waals surface area contributed by atoms with Crippen molar-refractivity contribution < 1.29 is 28.6 Å². The average Bonchev–Trinajstić information content (AvgIpc) is 3.45. The molecule has 1 unspecified atom stereocenters. The molecule has 0 N–H and O–H groups in total. The molecule has 0 saturated carbocycles. The van der Waals surface area contributed by atoms with E-state index >= 15 is 0 Å². The molecule has 0 aromatic carbocycles. The second-order valence-corrected chi connectivity index (χ2v) is 19.1. The molecule has 0 aliphatic heterocycles. The van der Waals surface area contributed by atoms with Crippen molar-refractivity contribution in [2.75, 3.05) is 13.2 Å². The Morgan fingerprint density at radius 2 is 0.506 bits per heavy atom. The van der Waals surface area contributed by atoms with Gasteiger partial charge < -0.3 is 14.2 Å². The summed E-state index contributed by atoms with van der Waals surface area (Å²) in [5.41, 5.74) is 0. The Bertz CT molecular complexity index is 1960. The van der Waals surface area contributed by atoms with Crippen molar-refractivity contribution >= 4 is 17.9 Å². The van der Waals surface area contributed by atoms with Gasteiger partial charge in [-0.05, 0) is 148 Å². The molecule has 0 saturated heterocycles. The van der Waals surface area contributed by atoms with Crippen molar-refractivity contribution in [3.8, 4) is 0 Å². The van der Waals surface area contributed by atoms with E-state index in [1.807, 2.05) is 0 Å². The van der Waals surface area contributed by atoms with Gasteiger partial charge in [0.25, 0.3) is 0 Å². The number of carbonyl (C=O) groups excluding carboxylic acids is 3. The van der Waals surface area contributed by atoms with Gasteiger partial charge in [-0.25, -0.2) is 0 Å². The van der Waals surface area contributed by atoms with Gasteiger partial charge in [-0.2, -0.15) is 0 Å². The fourth-order valence-electron chi connectivity index (χ4n) is 7.28. The van der Waals surface area contributed by atoms with Crippen LogP contribution in [0, 0.1) is 0 Å². The van der Waals surface area contributed by atoms with Crippen LogP contribution in [0.1, 0.15) is 213 Å². The van der Waals surface area contributed by atoms with Crippen molar-refractivity contribution in [2.24, 2.45) is 0 Å². The molecular weight excluding hydrogens is 973 g/mol. The Kier molecular flexibility index (Phi) is 59.6. The lowest BCUT2D eigenvalue weighted by Gasteiger charge is -2.18. The van der Waals surface area contributed by atoms with Crippen LogP contribution in [-0.2, 0) is 28.6 Å². The van der Waals surface area contributed by atoms with Crippen LogP contribution < -0.4 is 0 Å². The average molecular weight is 1080 g/mol. The van der Waals surface area contributed by atoms with Gasteiger partial charge in [-0.1, -0.05) is 253 Å². The molecule has 79 heavy (non-hydrogen) atoms. The molecule has 0 spiro atoms. The van der Waals surface area contributed by atoms with Crippen LogP contribution in [0.5, 0.6) is 0 Å². The third-order valence-electron chi connectivity index (χ3n) is 11.8. The zero-order chi connectivity index (χ0) is 57.1. The first-order valence-electron chi connectivity index (χ1n) is 30.6. The minimum absolute atomic E-state index is 0.126. The van der Waals surface area contributed by atoms with Crippen molar-refractivity contribution in [2.45, 2.75) is 219 Å². The monoisotopic (exact) mass is 1080 g/mol. The van der Waals surface area contributed by atoms with Crippen LogP contribution in [0.4, 0.5) is 0 Å². The summed E-state index contributed by atoms with van der Waals surface area (Å²) >= 11 is 0. The first kappa shape index (κ1) is 73.0. The lowest BCUT2D eigenvalue weighted by Crippen LogP contribution is -2.30. The van der Waals surface area contributed by atoms with E-state index in [2.05, 4.69) is 227 Å². The summed E-state index contributed by atoms with van der Waals surface area (Å²) < 4.78 is 16.6. The smallest absolute Gasteiger partial charge is 0.306 e. The van der Waals surface area contributed by atoms with Crippen LogP contribution in [-0.4, -0.2) is 37.2 Å². The van der Waals surface area contributed by atoms with Crippen molar-refractivity contribution in [3.63, 3.8) is 0 Å². The molecule has 0 aromatic rings. The summed E-state index contributed by atoms with van der Waals surface area (Å²) in [4.78, 5) is 37.8. The van der Waals surface area contributed by atoms with E-state index in [0.717, 1.165) is 161 Å². The lowest BCUT2D eigenvalue weighted by atomic mass is 10.1. The third-order valence-corrected chi connectivity index (χ3v) is 11.8. The molecule has 0 fully saturated rings. The highest BCUT2D eigenvalue weighted by atomic mass is 16.6. The van der Waals surface area contributed by atoms with Crippen LogP contribution >= 0.6 is 0 Å². The Hall–Kier alpha value is -6.01. The second-order valence-electron chi connectivity index (χ2n) is 19.1. The Balaban J connectivity index is 4.34. The summed E-state index contributed by atoms with van der Waals surface area (Å²) in [5, 5.41) is 0. The van der Waals surface area contributed by atoms with Gasteiger partial charge in [0.2, 0.25) is 0 Å². The summed E-state index contributed by atoms with van der Waals surface area (Å²) in [6, 6.07) is 0. The number of esters is 3. The second kappa shape index (κ2) is 64.5. The minimum Gasteiger partial charge on any atom is -0.462 e. The summed E-state index contributed by atoms with van der Waals surface area (Å²) in [6.07, 6.45) is 100. The lowest BCUT2D eigenvalue weighted by molar-refractivity contribution is -0.167. The van der Waals surface area contributed by atoms with Crippen molar-refractivity contribution in [1.29, 1.82) is 0 Å². The number of hydrogen-bond acceptors (Lipinski definition) is 6. The van der Waals surface area contributed by atoms with E-state index in [1.165, 1.54) is 0 Å². The Morgan fingerprint density at radius 1 is 0.266 bits per heavy atom. The molecule has 0 bridgehead atoms. The van der Waals surface area contributed by atoms with Gasteiger partial charge in [-0.15, -0.1) is 0 Å². The standard InChI is InChI=1S/C73H108O6/c1-4-7-10-13-15-17-19-21-23-25-27-29-31-33-35-36-38-39-41-43-45-47-49-51-53-55-57-60-63-66-72(75)78-69-70(68-77-71(74)65-62-59-12-9-6-3)79-73(76)67-64-61-58-56-54-52-50-48-46-44-42-40-37-34-32-30-28-26-24-22-20-18-16-14-11-8-5-2/h7-8,10-11,15-18,21-24,27-30,33-35,37-39,42-45,48-51,54-57,70H,4-6,9,12-14,19-20,25-26,31-32,36,40-41,46-47,52-53,58-69H2,1-3H3/b10-7-,11-8-,17-15-,18-16-,23-21-,24-22-,29-27-,30-28-,35-33-,37-34-,39-38-,44-42-,45-43-,50-48-,51-49-,56-54-,57-55-. The summed E-state index contributed by atoms with van der Waals surface area (Å²) in [6.45, 7) is 6.21. The molecule has 0 aliphatic rings. The van der Waals surface area contributed by atoms with Gasteiger partial charge in [0.05, 0.1) is 0 Å². The van der Waals surface area contributed by atoms with Crippen molar-refractivity contribution in [3.05, 3.63) is 207 Å². The van der Waals surface area contributed by atoms with Gasteiger partial charge in [0.15, 0.2) is 6.10 Å². The van der Waals surface area contributed by atoms with E-state index in [1.54, 1.807) is 0 Å². The molecule has 0 amide bonds. The summed E-state index contributed by atoms with van der Waals surface area (Å²) in [7, 11) is 0. The first-order chi connectivity index (χ1) is 39.0. The van der Waals surface area contributed by atoms with E-state index in [9.17, 15) is 14.4 Å². The number of unbranched alkanes of at least 4 members (excludes halogenated alkanes) is 7. The molecule has 6 heteroatoms. The number of hydrogen-bond donors (Lipinski definition) is 0. The summed E-state index contributed by atoms with van der Waals surface area (Å²) in [5.74, 6) is -1.06. The van der Waals surface area contributed by atoms with E-state index in [4.69, 9.17) is 14.2 Å². The van der Waals surface area contributed by atoms with E-state index in [0.29, 0.717) is 19.3 Å². The number of allylic oxidation sites excluding steroid dienone is 34. The third kappa shape index (κ3) is 62.7. The normalized spacial score (nSPS) is 13.6. The minimum atomic E-state index is -0.835. The SMILES string of the molecule is CC/C=C\C/C=C\C/C=C\C/C=C\C/C=C\C/C=C\C/C=C\C/C=C\C/C=C\CCCC(=O)OCC(COC(=O)CCCCCCC)OC(=O)CCCC/C=C\C/C=C\C/C=C\C/C=C\C/C=C\C/C=C\C/C=C\C/C=C\CC. The van der Waals surface area contributed by atoms with Crippen LogP contribution in [0.3, 0.4) is 0 Å². The largest absolute Gasteiger partial charge is 0.462 e. The predicted molar refractivity (Wildman–Crippen MR) is 343 cm³/mol. The maximum absolute atomic E-state index is 12.8. The van der Waals surface area contributed by atoms with Gasteiger partial charge >= 0.3 is 17.9 Å². The highest BCUT2D eigenvalue weighted by Crippen LogP contribution is 2.10. The molecule has 0 aromatic heterocycles. The highest BCUT2D eigenvalue weighted by Gasteiger charge is 2.19. The first-order valence-corrected chi connectivity index (χ1v) is 30.6. The quantitative estimate of drug-likeness (QED) is 0.0261. The topological polar surface area (TPSA) is 78.9 Å². The van der Waals surface area contributed by atoms with Crippen LogP contribution in [0.2, 0.25) is 0 Å². The number of ether oxygens (including phenoxy) is 3. The molecule has 1 atom stereocenters.